The van der Waals surface area contributed by atoms with E-state index < -0.39 is 0 Å². The van der Waals surface area contributed by atoms with Crippen LogP contribution in [-0.4, -0.2) is 40.0 Å². The standard InChI is InChI=1S/C19H23N3O2/c23-18(11-4-9-16-7-2-1-3-8-16)22-14-5-10-17(15-22)24-19-20-12-6-13-21-19/h1-3,6-8,12-13,17H,4-5,9-11,14-15H2. The summed E-state index contributed by atoms with van der Waals surface area (Å²) in [5.74, 6) is 0.216. The number of carbonyl (C=O) groups excluding carboxylic acids is 1. The minimum Gasteiger partial charge on any atom is -0.458 e. The van der Waals surface area contributed by atoms with Crippen molar-refractivity contribution >= 4 is 5.91 Å². The molecule has 0 radical (unpaired) electrons. The molecule has 0 spiro atoms. The Bertz CT molecular complexity index is 634. The second-order valence-corrected chi connectivity index (χ2v) is 6.09. The molecule has 0 saturated carbocycles. The first kappa shape index (κ1) is 16.4. The van der Waals surface area contributed by atoms with Crippen molar-refractivity contribution in [3.63, 3.8) is 0 Å². The Kier molecular flexibility index (Phi) is 5.77. The second kappa shape index (κ2) is 8.43. The van der Waals surface area contributed by atoms with Crippen molar-refractivity contribution in [3.05, 3.63) is 54.4 Å². The Morgan fingerprint density at radius 2 is 1.96 bits per heavy atom. The number of piperidine rings is 1. The number of rotatable bonds is 6. The summed E-state index contributed by atoms with van der Waals surface area (Å²) in [6, 6.07) is 12.4. The van der Waals surface area contributed by atoms with Gasteiger partial charge in [-0.3, -0.25) is 4.79 Å². The Balaban J connectivity index is 1.44. The van der Waals surface area contributed by atoms with E-state index in [0.29, 0.717) is 19.0 Å². The van der Waals surface area contributed by atoms with Gasteiger partial charge in [-0.15, -0.1) is 0 Å². The zero-order valence-corrected chi connectivity index (χ0v) is 13.8. The second-order valence-electron chi connectivity index (χ2n) is 6.09. The number of amides is 1. The van der Waals surface area contributed by atoms with Crippen LogP contribution in [0.2, 0.25) is 0 Å². The lowest BCUT2D eigenvalue weighted by atomic mass is 10.1. The van der Waals surface area contributed by atoms with Gasteiger partial charge in [0, 0.05) is 25.4 Å². The number of hydrogen-bond acceptors (Lipinski definition) is 4. The van der Waals surface area contributed by atoms with Crippen molar-refractivity contribution in [1.82, 2.24) is 14.9 Å². The van der Waals surface area contributed by atoms with Crippen LogP contribution in [0.3, 0.4) is 0 Å². The highest BCUT2D eigenvalue weighted by Crippen LogP contribution is 2.16. The molecule has 1 unspecified atom stereocenters. The van der Waals surface area contributed by atoms with Crippen LogP contribution >= 0.6 is 0 Å². The number of aryl methyl sites for hydroxylation is 1. The fourth-order valence-electron chi connectivity index (χ4n) is 3.00. The van der Waals surface area contributed by atoms with Crippen LogP contribution < -0.4 is 4.74 Å². The molecule has 1 saturated heterocycles. The van der Waals surface area contributed by atoms with Crippen molar-refractivity contribution in [2.24, 2.45) is 0 Å². The molecule has 2 aromatic rings. The molecule has 24 heavy (non-hydrogen) atoms. The van der Waals surface area contributed by atoms with Crippen molar-refractivity contribution in [1.29, 1.82) is 0 Å². The number of hydrogen-bond donors (Lipinski definition) is 0. The third-order valence-corrected chi connectivity index (χ3v) is 4.24. The molecule has 0 aliphatic carbocycles. The van der Waals surface area contributed by atoms with E-state index in [0.717, 1.165) is 32.2 Å². The largest absolute Gasteiger partial charge is 0.458 e. The number of carbonyl (C=O) groups is 1. The third kappa shape index (κ3) is 4.78. The van der Waals surface area contributed by atoms with Crippen LogP contribution in [0.4, 0.5) is 0 Å². The first-order valence-electron chi connectivity index (χ1n) is 8.56. The van der Waals surface area contributed by atoms with E-state index in [2.05, 4.69) is 22.1 Å². The van der Waals surface area contributed by atoms with E-state index in [1.807, 2.05) is 23.1 Å². The predicted molar refractivity (Wildman–Crippen MR) is 91.6 cm³/mol. The fourth-order valence-corrected chi connectivity index (χ4v) is 3.00. The van der Waals surface area contributed by atoms with Crippen LogP contribution in [-0.2, 0) is 11.2 Å². The molecule has 1 aromatic carbocycles. The average Bonchev–Trinajstić information content (AvgIpc) is 2.64. The molecule has 3 rings (SSSR count). The molecule has 126 valence electrons. The Labute approximate surface area is 142 Å². The zero-order valence-electron chi connectivity index (χ0n) is 13.8. The van der Waals surface area contributed by atoms with Crippen LogP contribution in [0, 0.1) is 0 Å². The Hall–Kier alpha value is -2.43. The zero-order chi connectivity index (χ0) is 16.6. The van der Waals surface area contributed by atoms with Crippen molar-refractivity contribution in [2.45, 2.75) is 38.2 Å². The molecule has 1 amide bonds. The molecule has 1 aliphatic heterocycles. The fraction of sp³-hybridized carbons (Fsp3) is 0.421. The van der Waals surface area contributed by atoms with Gasteiger partial charge in [-0.25, -0.2) is 9.97 Å². The summed E-state index contributed by atoms with van der Waals surface area (Å²) >= 11 is 0. The highest BCUT2D eigenvalue weighted by molar-refractivity contribution is 5.76. The summed E-state index contributed by atoms with van der Waals surface area (Å²) in [5, 5.41) is 0. The highest BCUT2D eigenvalue weighted by atomic mass is 16.5. The summed E-state index contributed by atoms with van der Waals surface area (Å²) in [6.45, 7) is 1.45. The lowest BCUT2D eigenvalue weighted by Crippen LogP contribution is -2.44. The van der Waals surface area contributed by atoms with Crippen molar-refractivity contribution in [3.8, 4) is 6.01 Å². The van der Waals surface area contributed by atoms with E-state index >= 15 is 0 Å². The van der Waals surface area contributed by atoms with Gasteiger partial charge in [-0.05, 0) is 37.3 Å². The highest BCUT2D eigenvalue weighted by Gasteiger charge is 2.25. The van der Waals surface area contributed by atoms with Crippen molar-refractivity contribution in [2.75, 3.05) is 13.1 Å². The van der Waals surface area contributed by atoms with E-state index in [9.17, 15) is 4.79 Å². The first-order chi connectivity index (χ1) is 11.8. The summed E-state index contributed by atoms with van der Waals surface area (Å²) < 4.78 is 5.79. The van der Waals surface area contributed by atoms with Gasteiger partial charge in [0.05, 0.1) is 6.54 Å². The van der Waals surface area contributed by atoms with Gasteiger partial charge in [-0.2, -0.15) is 0 Å². The van der Waals surface area contributed by atoms with Gasteiger partial charge >= 0.3 is 6.01 Å². The minimum atomic E-state index is -0.0146. The maximum atomic E-state index is 12.4. The normalized spacial score (nSPS) is 17.5. The summed E-state index contributed by atoms with van der Waals surface area (Å²) in [6.07, 6.45) is 7.62. The molecule has 0 N–H and O–H groups in total. The maximum Gasteiger partial charge on any atom is 0.316 e. The SMILES string of the molecule is O=C(CCCc1ccccc1)N1CCCC(Oc2ncccn2)C1. The monoisotopic (exact) mass is 325 g/mol. The van der Waals surface area contributed by atoms with Gasteiger partial charge in [0.25, 0.3) is 0 Å². The molecule has 1 aliphatic rings. The van der Waals surface area contributed by atoms with E-state index in [-0.39, 0.29) is 12.0 Å². The van der Waals surface area contributed by atoms with Crippen LogP contribution in [0.5, 0.6) is 6.01 Å². The Morgan fingerprint density at radius 3 is 2.75 bits per heavy atom. The quantitative estimate of drug-likeness (QED) is 0.819. The topological polar surface area (TPSA) is 55.3 Å². The summed E-state index contributed by atoms with van der Waals surface area (Å²) in [7, 11) is 0. The molecule has 1 aromatic heterocycles. The van der Waals surface area contributed by atoms with Gasteiger partial charge in [0.15, 0.2) is 0 Å². The Morgan fingerprint density at radius 1 is 1.17 bits per heavy atom. The molecular formula is C19H23N3O2. The molecule has 1 fully saturated rings. The van der Waals surface area contributed by atoms with E-state index in [4.69, 9.17) is 4.74 Å². The molecule has 5 heteroatoms. The molecule has 1 atom stereocenters. The number of nitrogens with zero attached hydrogens (tertiary/aromatic N) is 3. The minimum absolute atomic E-state index is 0.0146. The molecule has 2 heterocycles. The lowest BCUT2D eigenvalue weighted by molar-refractivity contribution is -0.134. The smallest absolute Gasteiger partial charge is 0.316 e. The average molecular weight is 325 g/mol. The molecular weight excluding hydrogens is 302 g/mol. The van der Waals surface area contributed by atoms with Crippen LogP contribution in [0.1, 0.15) is 31.2 Å². The van der Waals surface area contributed by atoms with E-state index in [1.165, 1.54) is 5.56 Å². The molecule has 0 bridgehead atoms. The summed E-state index contributed by atoms with van der Waals surface area (Å²) in [4.78, 5) is 22.5. The third-order valence-electron chi connectivity index (χ3n) is 4.24. The van der Waals surface area contributed by atoms with Gasteiger partial charge in [-0.1, -0.05) is 30.3 Å². The maximum absolute atomic E-state index is 12.4. The van der Waals surface area contributed by atoms with Crippen LogP contribution in [0.25, 0.3) is 0 Å². The number of aromatic nitrogens is 2. The van der Waals surface area contributed by atoms with Gasteiger partial charge in [0.2, 0.25) is 5.91 Å². The lowest BCUT2D eigenvalue weighted by Gasteiger charge is -2.32. The first-order valence-corrected chi connectivity index (χ1v) is 8.56. The number of ether oxygens (including phenoxy) is 1. The van der Waals surface area contributed by atoms with Gasteiger partial charge in [0.1, 0.15) is 6.10 Å². The number of likely N-dealkylation sites (tertiary alicyclic amines) is 1. The van der Waals surface area contributed by atoms with Gasteiger partial charge < -0.3 is 9.64 Å². The predicted octanol–water partition coefficient (Wildman–Crippen LogP) is 2.87. The molecule has 5 nitrogen and oxygen atoms in total. The van der Waals surface area contributed by atoms with Crippen LogP contribution in [0.15, 0.2) is 48.8 Å². The van der Waals surface area contributed by atoms with E-state index in [1.54, 1.807) is 18.5 Å². The number of benzene rings is 1. The van der Waals surface area contributed by atoms with Crippen molar-refractivity contribution < 1.29 is 9.53 Å². The summed E-state index contributed by atoms with van der Waals surface area (Å²) in [5.41, 5.74) is 1.28.